The molecule has 1 spiro atoms. The maximum atomic E-state index is 13.0. The Labute approximate surface area is 139 Å². The van der Waals surface area contributed by atoms with E-state index in [9.17, 15) is 9.59 Å². The molecule has 1 amide bonds. The molecule has 23 heavy (non-hydrogen) atoms. The lowest BCUT2D eigenvalue weighted by atomic mass is 9.69. The van der Waals surface area contributed by atoms with Gasteiger partial charge in [0, 0.05) is 13.0 Å². The highest BCUT2D eigenvalue weighted by molar-refractivity contribution is 5.80. The molecule has 3 rings (SSSR count). The first-order valence-corrected chi connectivity index (χ1v) is 8.93. The Kier molecular flexibility index (Phi) is 4.56. The van der Waals surface area contributed by atoms with Crippen molar-refractivity contribution in [2.24, 2.45) is 5.92 Å². The minimum absolute atomic E-state index is 0.180. The van der Waals surface area contributed by atoms with Crippen LogP contribution in [0.4, 0.5) is 0 Å². The molecular formula is C20H27NO2. The molecule has 0 aromatic heterocycles. The van der Waals surface area contributed by atoms with Gasteiger partial charge in [-0.15, -0.1) is 0 Å². The second-order valence-electron chi connectivity index (χ2n) is 7.52. The van der Waals surface area contributed by atoms with Gasteiger partial charge in [0.2, 0.25) is 5.91 Å². The number of hydrogen-bond acceptors (Lipinski definition) is 2. The zero-order valence-corrected chi connectivity index (χ0v) is 14.3. The molecule has 2 aliphatic rings. The molecule has 1 aromatic rings. The van der Waals surface area contributed by atoms with Crippen LogP contribution in [0.5, 0.6) is 0 Å². The number of rotatable bonds is 3. The molecule has 0 N–H and O–H groups in total. The first-order valence-electron chi connectivity index (χ1n) is 8.93. The van der Waals surface area contributed by atoms with Crippen LogP contribution in [0, 0.1) is 5.92 Å². The summed E-state index contributed by atoms with van der Waals surface area (Å²) in [7, 11) is 0. The predicted octanol–water partition coefficient (Wildman–Crippen LogP) is 4.02. The van der Waals surface area contributed by atoms with Crippen LogP contribution in [0.15, 0.2) is 24.3 Å². The number of nitrogens with zero attached hydrogens (tertiary/aromatic N) is 1. The summed E-state index contributed by atoms with van der Waals surface area (Å²) < 4.78 is 0. The summed E-state index contributed by atoms with van der Waals surface area (Å²) in [5.41, 5.74) is 2.18. The van der Waals surface area contributed by atoms with Crippen molar-refractivity contribution < 1.29 is 9.59 Å². The Morgan fingerprint density at radius 2 is 1.96 bits per heavy atom. The molecule has 1 heterocycles. The third-order valence-electron chi connectivity index (χ3n) is 5.49. The Hall–Kier alpha value is -1.64. The summed E-state index contributed by atoms with van der Waals surface area (Å²) in [4.78, 5) is 26.7. The highest BCUT2D eigenvalue weighted by atomic mass is 16.2. The smallest absolute Gasteiger partial charge is 0.223 e. The molecule has 1 atom stereocenters. The quantitative estimate of drug-likeness (QED) is 0.791. The molecule has 0 radical (unpaired) electrons. The fraction of sp³-hybridized carbons (Fsp3) is 0.600. The molecule has 3 nitrogen and oxygen atoms in total. The summed E-state index contributed by atoms with van der Waals surface area (Å²) in [5.74, 6) is 0.369. The van der Waals surface area contributed by atoms with Crippen LogP contribution in [0.2, 0.25) is 0 Å². The summed E-state index contributed by atoms with van der Waals surface area (Å²) in [6, 6.07) is 8.28. The highest BCUT2D eigenvalue weighted by Crippen LogP contribution is 2.48. The van der Waals surface area contributed by atoms with Gasteiger partial charge in [0.15, 0.2) is 0 Å². The second kappa shape index (κ2) is 6.46. The zero-order chi connectivity index (χ0) is 16.4. The fourth-order valence-electron chi connectivity index (χ4n) is 4.45. The molecule has 3 heteroatoms. The lowest BCUT2D eigenvalue weighted by molar-refractivity contribution is -0.142. The van der Waals surface area contributed by atoms with Crippen LogP contribution in [-0.2, 0) is 15.1 Å². The van der Waals surface area contributed by atoms with E-state index in [1.165, 1.54) is 12.0 Å². The Bertz CT molecular complexity index is 587. The van der Waals surface area contributed by atoms with Crippen LogP contribution in [0.25, 0.3) is 0 Å². The molecular weight excluding hydrogens is 286 g/mol. The van der Waals surface area contributed by atoms with Gasteiger partial charge in [-0.05, 0) is 29.9 Å². The maximum absolute atomic E-state index is 13.0. The van der Waals surface area contributed by atoms with E-state index in [2.05, 4.69) is 30.9 Å². The van der Waals surface area contributed by atoms with Crippen molar-refractivity contribution in [3.05, 3.63) is 35.4 Å². The van der Waals surface area contributed by atoms with Crippen LogP contribution in [-0.4, -0.2) is 23.6 Å². The second-order valence-corrected chi connectivity index (χ2v) is 7.52. The molecule has 1 saturated carbocycles. The maximum Gasteiger partial charge on any atom is 0.223 e. The topological polar surface area (TPSA) is 37.4 Å². The van der Waals surface area contributed by atoms with Crippen LogP contribution in [0.1, 0.15) is 69.4 Å². The Balaban J connectivity index is 2.08. The summed E-state index contributed by atoms with van der Waals surface area (Å²) >= 11 is 0. The van der Waals surface area contributed by atoms with Crippen molar-refractivity contribution in [1.29, 1.82) is 0 Å². The Morgan fingerprint density at radius 1 is 1.26 bits per heavy atom. The number of carbonyl (C=O) groups excluding carboxylic acids is 2. The summed E-state index contributed by atoms with van der Waals surface area (Å²) in [6.07, 6.45) is 7.20. The highest BCUT2D eigenvalue weighted by Gasteiger charge is 2.47. The molecule has 1 fully saturated rings. The van der Waals surface area contributed by atoms with Crippen molar-refractivity contribution in [2.75, 3.05) is 6.54 Å². The van der Waals surface area contributed by atoms with Crippen LogP contribution in [0.3, 0.4) is 0 Å². The van der Waals surface area contributed by atoms with E-state index in [4.69, 9.17) is 0 Å². The molecule has 1 aliphatic carbocycles. The first kappa shape index (κ1) is 16.2. The van der Waals surface area contributed by atoms with E-state index >= 15 is 0 Å². The van der Waals surface area contributed by atoms with Gasteiger partial charge in [-0.25, -0.2) is 0 Å². The van der Waals surface area contributed by atoms with Gasteiger partial charge in [0.25, 0.3) is 0 Å². The Morgan fingerprint density at radius 3 is 2.61 bits per heavy atom. The van der Waals surface area contributed by atoms with Crippen LogP contribution >= 0.6 is 0 Å². The van der Waals surface area contributed by atoms with Crippen molar-refractivity contribution in [1.82, 2.24) is 4.90 Å². The van der Waals surface area contributed by atoms with E-state index in [0.717, 1.165) is 37.5 Å². The number of hydrogen-bond donors (Lipinski definition) is 0. The van der Waals surface area contributed by atoms with Gasteiger partial charge < -0.3 is 9.69 Å². The molecule has 0 saturated heterocycles. The third kappa shape index (κ3) is 2.82. The normalized spacial score (nSPS) is 22.9. The van der Waals surface area contributed by atoms with Crippen LogP contribution < -0.4 is 0 Å². The minimum atomic E-state index is -0.185. The van der Waals surface area contributed by atoms with Gasteiger partial charge in [-0.1, -0.05) is 57.4 Å². The molecule has 1 aromatic carbocycles. The number of benzene rings is 1. The number of carbonyl (C=O) groups is 2. The van der Waals surface area contributed by atoms with Gasteiger partial charge >= 0.3 is 0 Å². The van der Waals surface area contributed by atoms with Gasteiger partial charge in [0.05, 0.1) is 11.5 Å². The van der Waals surface area contributed by atoms with Crippen molar-refractivity contribution in [2.45, 2.75) is 63.8 Å². The number of aldehydes is 1. The van der Waals surface area contributed by atoms with E-state index in [0.29, 0.717) is 18.9 Å². The average molecular weight is 313 g/mol. The third-order valence-corrected chi connectivity index (χ3v) is 5.49. The van der Waals surface area contributed by atoms with E-state index < -0.39 is 0 Å². The molecule has 1 aliphatic heterocycles. The summed E-state index contributed by atoms with van der Waals surface area (Å²) in [6.45, 7) is 4.72. The lowest BCUT2D eigenvalue weighted by Gasteiger charge is -2.52. The van der Waals surface area contributed by atoms with Gasteiger partial charge in [-0.2, -0.15) is 0 Å². The standard InChI is InChI=1S/C20H27NO2/c1-15(2)12-19(23)21-13-16(14-22)17-8-4-5-9-18(17)20(21)10-6-3-7-11-20/h4-5,8-9,14-16H,3,6-7,10-13H2,1-2H3. The molecule has 0 bridgehead atoms. The number of amides is 1. The lowest BCUT2D eigenvalue weighted by Crippen LogP contribution is -2.55. The fourth-order valence-corrected chi connectivity index (χ4v) is 4.45. The number of fused-ring (bicyclic) bond motifs is 2. The van der Waals surface area contributed by atoms with E-state index in [-0.39, 0.29) is 17.4 Å². The minimum Gasteiger partial charge on any atom is -0.332 e. The first-order chi connectivity index (χ1) is 11.1. The van der Waals surface area contributed by atoms with Crippen molar-refractivity contribution in [3.63, 3.8) is 0 Å². The van der Waals surface area contributed by atoms with E-state index in [1.807, 2.05) is 12.1 Å². The largest absolute Gasteiger partial charge is 0.332 e. The SMILES string of the molecule is CC(C)CC(=O)N1CC(C=O)c2ccccc2C12CCCCC2. The monoisotopic (exact) mass is 313 g/mol. The van der Waals surface area contributed by atoms with E-state index in [1.54, 1.807) is 0 Å². The van der Waals surface area contributed by atoms with Crippen molar-refractivity contribution >= 4 is 12.2 Å². The van der Waals surface area contributed by atoms with Gasteiger partial charge in [0.1, 0.15) is 6.29 Å². The zero-order valence-electron chi connectivity index (χ0n) is 14.3. The molecule has 124 valence electrons. The molecule has 1 unspecified atom stereocenters. The average Bonchev–Trinajstić information content (AvgIpc) is 2.55. The van der Waals surface area contributed by atoms with Crippen molar-refractivity contribution in [3.8, 4) is 0 Å². The summed E-state index contributed by atoms with van der Waals surface area (Å²) in [5, 5.41) is 0. The predicted molar refractivity (Wildman–Crippen MR) is 91.2 cm³/mol. The van der Waals surface area contributed by atoms with Gasteiger partial charge in [-0.3, -0.25) is 4.79 Å².